The maximum absolute atomic E-state index is 2.24. The number of hydrogen-bond donors (Lipinski definition) is 0. The van der Waals surface area contributed by atoms with Gasteiger partial charge in [0.05, 0.1) is 7.92 Å². The van der Waals surface area contributed by atoms with Crippen LogP contribution in [0.4, 0.5) is 0 Å². The summed E-state index contributed by atoms with van der Waals surface area (Å²) in [5, 5.41) is 4.31. The van der Waals surface area contributed by atoms with Gasteiger partial charge in [-0.05, 0) is 36.4 Å². The average molecular weight is 420 g/mol. The standard InChI is InChI=1S/C18H15P.C7H9.Cu/c1-4-10-16(11-5-1)19(17-12-6-2-7-13-17)18-14-8-3-9-15-18;1-2-7-5-3-4-6-7;/h1-15H;3-6H,2H2,1H3;/q;-1;+1/p+1. The van der Waals surface area contributed by atoms with Crippen molar-refractivity contribution in [3.63, 3.8) is 0 Å². The molecule has 4 rings (SSSR count). The molecule has 0 unspecified atom stereocenters. The second kappa shape index (κ2) is 11.6. The minimum absolute atomic E-state index is 0. The zero-order valence-corrected chi connectivity index (χ0v) is 17.4. The van der Waals surface area contributed by atoms with E-state index in [0.29, 0.717) is 0 Å². The van der Waals surface area contributed by atoms with Gasteiger partial charge >= 0.3 is 17.1 Å². The fourth-order valence-corrected chi connectivity index (χ4v) is 5.54. The first-order valence-electron chi connectivity index (χ1n) is 9.12. The molecule has 0 heterocycles. The molecule has 0 aliphatic heterocycles. The first-order chi connectivity index (χ1) is 12.9. The van der Waals surface area contributed by atoms with Crippen LogP contribution < -0.4 is 15.9 Å². The van der Waals surface area contributed by atoms with Gasteiger partial charge in [0.1, 0.15) is 15.9 Å². The molecule has 0 saturated carbocycles. The summed E-state index contributed by atoms with van der Waals surface area (Å²) in [5.74, 6) is 0. The zero-order chi connectivity index (χ0) is 18.0. The summed E-state index contributed by atoms with van der Waals surface area (Å²) in [7, 11) is -0.877. The van der Waals surface area contributed by atoms with Crippen molar-refractivity contribution >= 4 is 23.8 Å². The molecule has 0 aromatic heterocycles. The van der Waals surface area contributed by atoms with Gasteiger partial charge in [0.15, 0.2) is 0 Å². The fraction of sp³-hybridized carbons (Fsp3) is 0.0800. The van der Waals surface area contributed by atoms with Crippen LogP contribution >= 0.6 is 7.92 Å². The van der Waals surface area contributed by atoms with E-state index in [4.69, 9.17) is 0 Å². The first-order valence-corrected chi connectivity index (χ1v) is 10.6. The molecule has 0 aliphatic carbocycles. The summed E-state index contributed by atoms with van der Waals surface area (Å²) in [6.07, 6.45) is 1.16. The summed E-state index contributed by atoms with van der Waals surface area (Å²) in [4.78, 5) is 0. The van der Waals surface area contributed by atoms with Crippen molar-refractivity contribution in [3.8, 4) is 0 Å². The van der Waals surface area contributed by atoms with Crippen molar-refractivity contribution in [2.24, 2.45) is 0 Å². The van der Waals surface area contributed by atoms with E-state index < -0.39 is 7.92 Å². The van der Waals surface area contributed by atoms with Gasteiger partial charge in [0.2, 0.25) is 0 Å². The first kappa shape index (κ1) is 21.3. The van der Waals surface area contributed by atoms with Crippen molar-refractivity contribution in [2.75, 3.05) is 0 Å². The second-order valence-electron chi connectivity index (χ2n) is 6.12. The molecule has 0 radical (unpaired) electrons. The topological polar surface area (TPSA) is 0 Å². The quantitative estimate of drug-likeness (QED) is 0.244. The van der Waals surface area contributed by atoms with Gasteiger partial charge in [0, 0.05) is 0 Å². The Morgan fingerprint density at radius 3 is 1.15 bits per heavy atom. The minimum atomic E-state index is -0.877. The Balaban J connectivity index is 0.000000278. The van der Waals surface area contributed by atoms with Crippen LogP contribution in [0.25, 0.3) is 0 Å². The Bertz CT molecular complexity index is 762. The Morgan fingerprint density at radius 2 is 0.889 bits per heavy atom. The van der Waals surface area contributed by atoms with E-state index in [1.165, 1.54) is 21.5 Å². The van der Waals surface area contributed by atoms with E-state index in [9.17, 15) is 0 Å². The molecule has 0 nitrogen and oxygen atoms in total. The molecule has 0 bridgehead atoms. The van der Waals surface area contributed by atoms with Gasteiger partial charge in [-0.25, -0.2) is 12.1 Å². The second-order valence-corrected chi connectivity index (χ2v) is 8.60. The maximum atomic E-state index is 2.24. The van der Waals surface area contributed by atoms with Crippen molar-refractivity contribution in [1.82, 2.24) is 0 Å². The van der Waals surface area contributed by atoms with Crippen LogP contribution in [0.5, 0.6) is 0 Å². The minimum Gasteiger partial charge on any atom is -0.213 e. The van der Waals surface area contributed by atoms with Crippen molar-refractivity contribution < 1.29 is 17.1 Å². The van der Waals surface area contributed by atoms with Crippen molar-refractivity contribution in [1.29, 1.82) is 0 Å². The molecule has 0 atom stereocenters. The molecule has 0 aliphatic rings. The van der Waals surface area contributed by atoms with Gasteiger partial charge in [-0.3, -0.25) is 0 Å². The summed E-state index contributed by atoms with van der Waals surface area (Å²) in [6.45, 7) is 2.16. The van der Waals surface area contributed by atoms with Crippen molar-refractivity contribution in [3.05, 3.63) is 121 Å². The SMILES string of the molecule is CC[c-]1cccc1.[Cu+].c1ccc([PH+](c2ccccc2)c2ccccc2)cc1. The van der Waals surface area contributed by atoms with Crippen molar-refractivity contribution in [2.45, 2.75) is 13.3 Å². The normalized spacial score (nSPS) is 9.85. The Morgan fingerprint density at radius 1 is 0.556 bits per heavy atom. The summed E-state index contributed by atoms with van der Waals surface area (Å²) in [6, 6.07) is 40.9. The van der Waals surface area contributed by atoms with E-state index >= 15 is 0 Å². The summed E-state index contributed by atoms with van der Waals surface area (Å²) >= 11 is 0. The number of benzene rings is 3. The van der Waals surface area contributed by atoms with Crippen LogP contribution in [-0.2, 0) is 23.5 Å². The van der Waals surface area contributed by atoms with Gasteiger partial charge in [-0.2, -0.15) is 17.7 Å². The predicted molar refractivity (Wildman–Crippen MR) is 118 cm³/mol. The number of aryl methyl sites for hydroxylation is 1. The van der Waals surface area contributed by atoms with Crippen LogP contribution in [0.15, 0.2) is 115 Å². The molecular weight excluding hydrogens is 395 g/mol. The third-order valence-electron chi connectivity index (χ3n) is 4.33. The van der Waals surface area contributed by atoms with Gasteiger partial charge in [-0.1, -0.05) is 67.9 Å². The predicted octanol–water partition coefficient (Wildman–Crippen LogP) is 5.14. The molecule has 0 fully saturated rings. The summed E-state index contributed by atoms with van der Waals surface area (Å²) < 4.78 is 0. The zero-order valence-electron chi connectivity index (χ0n) is 15.5. The Hall–Kier alpha value is -2.04. The average Bonchev–Trinajstić information content (AvgIpc) is 3.25. The molecular formula is C25H25CuP+. The van der Waals surface area contributed by atoms with Gasteiger partial charge in [0.25, 0.3) is 0 Å². The van der Waals surface area contributed by atoms with Crippen LogP contribution in [0.3, 0.4) is 0 Å². The van der Waals surface area contributed by atoms with Crippen LogP contribution in [0.2, 0.25) is 0 Å². The molecule has 2 heteroatoms. The summed E-state index contributed by atoms with van der Waals surface area (Å²) in [5.41, 5.74) is 1.43. The van der Waals surface area contributed by atoms with E-state index in [2.05, 4.69) is 122 Å². The number of rotatable bonds is 4. The molecule has 27 heavy (non-hydrogen) atoms. The third-order valence-corrected chi connectivity index (χ3v) is 7.06. The largest absolute Gasteiger partial charge is 1.00 e. The van der Waals surface area contributed by atoms with Crippen LogP contribution in [0, 0.1) is 0 Å². The van der Waals surface area contributed by atoms with Gasteiger partial charge in [-0.15, -0.1) is 0 Å². The smallest absolute Gasteiger partial charge is 0.213 e. The van der Waals surface area contributed by atoms with E-state index in [1.54, 1.807) is 0 Å². The van der Waals surface area contributed by atoms with E-state index in [1.807, 2.05) is 0 Å². The fourth-order valence-electron chi connectivity index (χ4n) is 2.96. The Labute approximate surface area is 174 Å². The van der Waals surface area contributed by atoms with Crippen LogP contribution in [0.1, 0.15) is 12.5 Å². The molecule has 0 spiro atoms. The monoisotopic (exact) mass is 419 g/mol. The van der Waals surface area contributed by atoms with E-state index in [-0.39, 0.29) is 17.1 Å². The van der Waals surface area contributed by atoms with Gasteiger partial charge < -0.3 is 0 Å². The van der Waals surface area contributed by atoms with Crippen LogP contribution in [-0.4, -0.2) is 0 Å². The maximum Gasteiger partial charge on any atom is 1.00 e. The molecule has 140 valence electrons. The number of hydrogen-bond acceptors (Lipinski definition) is 0. The molecule has 0 saturated heterocycles. The molecule has 0 N–H and O–H groups in total. The van der Waals surface area contributed by atoms with E-state index in [0.717, 1.165) is 6.42 Å². The Kier molecular flexibility index (Phi) is 9.16. The molecule has 4 aromatic carbocycles. The third kappa shape index (κ3) is 6.26. The molecule has 0 amide bonds. The molecule has 4 aromatic rings.